The van der Waals surface area contributed by atoms with Gasteiger partial charge >= 0.3 is 0 Å². The number of nitrogens with one attached hydrogen (secondary N) is 1. The number of hydrogen-bond donors (Lipinski definition) is 1. The Balaban J connectivity index is 1.56. The molecule has 1 atom stereocenters. The zero-order chi connectivity index (χ0) is 22.0. The van der Waals surface area contributed by atoms with Crippen molar-refractivity contribution in [2.75, 3.05) is 50.7 Å². The Morgan fingerprint density at radius 2 is 1.97 bits per heavy atom. The van der Waals surface area contributed by atoms with Crippen LogP contribution in [0.3, 0.4) is 0 Å². The average molecular weight is 446 g/mol. The van der Waals surface area contributed by atoms with Crippen LogP contribution in [0.5, 0.6) is 0 Å². The minimum absolute atomic E-state index is 0.0774. The summed E-state index contributed by atoms with van der Waals surface area (Å²) in [5.41, 5.74) is 1.94. The van der Waals surface area contributed by atoms with Gasteiger partial charge in [-0.2, -0.15) is 5.10 Å². The minimum Gasteiger partial charge on any atom is -0.467 e. The van der Waals surface area contributed by atoms with Crippen LogP contribution in [0, 0.1) is 0 Å². The Bertz CT molecular complexity index is 1060. The molecular formula is C21H27N5O4S. The third kappa shape index (κ3) is 5.33. The summed E-state index contributed by atoms with van der Waals surface area (Å²) in [7, 11) is -1.31. The Kier molecular flexibility index (Phi) is 6.12. The second-order valence-electron chi connectivity index (χ2n) is 8.05. The van der Waals surface area contributed by atoms with E-state index in [2.05, 4.69) is 26.7 Å². The Labute approximate surface area is 182 Å². The fraction of sp³-hybridized carbons (Fsp3) is 0.429. The highest BCUT2D eigenvalue weighted by Gasteiger charge is 2.35. The predicted molar refractivity (Wildman–Crippen MR) is 118 cm³/mol. The van der Waals surface area contributed by atoms with Crippen LogP contribution in [-0.4, -0.2) is 80.9 Å². The van der Waals surface area contributed by atoms with Crippen LogP contribution in [-0.2, 0) is 14.8 Å². The van der Waals surface area contributed by atoms with E-state index < -0.39 is 10.0 Å². The van der Waals surface area contributed by atoms with Gasteiger partial charge < -0.3 is 9.32 Å². The highest BCUT2D eigenvalue weighted by molar-refractivity contribution is 7.92. The number of piperazine rings is 1. The van der Waals surface area contributed by atoms with Gasteiger partial charge in [0, 0.05) is 38.3 Å². The van der Waals surface area contributed by atoms with Crippen LogP contribution in [0.2, 0.25) is 0 Å². The van der Waals surface area contributed by atoms with E-state index in [9.17, 15) is 13.2 Å². The molecule has 1 aromatic heterocycles. The smallest absolute Gasteiger partial charge is 0.257 e. The molecule has 1 amide bonds. The molecule has 1 aromatic carbocycles. The largest absolute Gasteiger partial charge is 0.467 e. The number of carbonyl (C=O) groups excluding carboxylic acids is 1. The SMILES string of the molecule is CN1CCN(CC(=O)N2N=C(c3cccc(NS(C)(=O)=O)c3)C[C@@H]2c2ccco2)CC1. The van der Waals surface area contributed by atoms with Crippen molar-refractivity contribution >= 4 is 27.3 Å². The number of nitrogens with zero attached hydrogens (tertiary/aromatic N) is 4. The average Bonchev–Trinajstić information content (AvgIpc) is 3.38. The van der Waals surface area contributed by atoms with Gasteiger partial charge in [0.1, 0.15) is 11.8 Å². The molecule has 3 heterocycles. The lowest BCUT2D eigenvalue weighted by molar-refractivity contribution is -0.135. The summed E-state index contributed by atoms with van der Waals surface area (Å²) >= 11 is 0. The molecule has 31 heavy (non-hydrogen) atoms. The number of rotatable bonds is 6. The van der Waals surface area contributed by atoms with Crippen molar-refractivity contribution in [2.45, 2.75) is 12.5 Å². The molecule has 0 unspecified atom stereocenters. The van der Waals surface area contributed by atoms with Gasteiger partial charge in [0.25, 0.3) is 5.91 Å². The number of anilines is 1. The van der Waals surface area contributed by atoms with Gasteiger partial charge in [-0.3, -0.25) is 14.4 Å². The molecule has 4 rings (SSSR count). The predicted octanol–water partition coefficient (Wildman–Crippen LogP) is 1.58. The lowest BCUT2D eigenvalue weighted by Gasteiger charge is -2.32. The second-order valence-corrected chi connectivity index (χ2v) is 9.80. The molecule has 1 fully saturated rings. The van der Waals surface area contributed by atoms with Crippen molar-refractivity contribution in [3.8, 4) is 0 Å². The standard InChI is InChI=1S/C21H27N5O4S/c1-24-8-10-25(11-9-24)15-21(27)26-19(20-7-4-12-30-20)14-18(22-26)16-5-3-6-17(13-16)23-31(2,28)29/h3-7,12-13,19,23H,8-11,14-15H2,1-2H3/t19-/m1/s1. The number of hydrogen-bond acceptors (Lipinski definition) is 7. The first-order valence-corrected chi connectivity index (χ1v) is 12.1. The molecule has 2 aromatic rings. The lowest BCUT2D eigenvalue weighted by atomic mass is 10.0. The Morgan fingerprint density at radius 1 is 1.19 bits per heavy atom. The molecule has 0 saturated carbocycles. The number of benzene rings is 1. The van der Waals surface area contributed by atoms with Crippen LogP contribution in [0.4, 0.5) is 5.69 Å². The molecule has 0 spiro atoms. The summed E-state index contributed by atoms with van der Waals surface area (Å²) in [6.45, 7) is 3.86. The molecule has 1 N–H and O–H groups in total. The quantitative estimate of drug-likeness (QED) is 0.725. The number of likely N-dealkylation sites (N-methyl/N-ethyl adjacent to an activating group) is 1. The molecule has 166 valence electrons. The van der Waals surface area contributed by atoms with E-state index in [1.807, 2.05) is 12.1 Å². The number of sulfonamides is 1. The van der Waals surface area contributed by atoms with Gasteiger partial charge in [0.2, 0.25) is 10.0 Å². The van der Waals surface area contributed by atoms with Crippen LogP contribution < -0.4 is 4.72 Å². The van der Waals surface area contributed by atoms with Crippen molar-refractivity contribution in [3.05, 3.63) is 54.0 Å². The van der Waals surface area contributed by atoms with E-state index in [1.54, 1.807) is 30.5 Å². The van der Waals surface area contributed by atoms with E-state index >= 15 is 0 Å². The molecule has 2 aliphatic heterocycles. The molecule has 0 radical (unpaired) electrons. The molecule has 0 aliphatic carbocycles. The van der Waals surface area contributed by atoms with Gasteiger partial charge in [-0.25, -0.2) is 13.4 Å². The summed E-state index contributed by atoms with van der Waals surface area (Å²) in [6, 6.07) is 10.4. The van der Waals surface area contributed by atoms with E-state index in [1.165, 1.54) is 5.01 Å². The first-order valence-electron chi connectivity index (χ1n) is 10.2. The summed E-state index contributed by atoms with van der Waals surface area (Å²) in [6.07, 6.45) is 3.19. The van der Waals surface area contributed by atoms with Crippen molar-refractivity contribution in [3.63, 3.8) is 0 Å². The third-order valence-corrected chi connectivity index (χ3v) is 6.10. The molecule has 10 heteroatoms. The summed E-state index contributed by atoms with van der Waals surface area (Å²) in [5, 5.41) is 6.16. The highest BCUT2D eigenvalue weighted by Crippen LogP contribution is 2.33. The van der Waals surface area contributed by atoms with Gasteiger partial charge in [-0.15, -0.1) is 0 Å². The molecule has 0 bridgehead atoms. The highest BCUT2D eigenvalue weighted by atomic mass is 32.2. The van der Waals surface area contributed by atoms with Gasteiger partial charge in [-0.1, -0.05) is 12.1 Å². The first-order chi connectivity index (χ1) is 14.8. The Hall–Kier alpha value is -2.69. The lowest BCUT2D eigenvalue weighted by Crippen LogP contribution is -2.48. The fourth-order valence-corrected chi connectivity index (χ4v) is 4.42. The summed E-state index contributed by atoms with van der Waals surface area (Å²) in [4.78, 5) is 17.6. The summed E-state index contributed by atoms with van der Waals surface area (Å²) in [5.74, 6) is 0.599. The molecule has 9 nitrogen and oxygen atoms in total. The number of amides is 1. The van der Waals surface area contributed by atoms with Crippen molar-refractivity contribution in [1.29, 1.82) is 0 Å². The topological polar surface area (TPSA) is 98.5 Å². The van der Waals surface area contributed by atoms with Crippen LogP contribution in [0.1, 0.15) is 23.8 Å². The van der Waals surface area contributed by atoms with Gasteiger partial charge in [0.05, 0.1) is 24.8 Å². The van der Waals surface area contributed by atoms with Gasteiger partial charge in [0.15, 0.2) is 0 Å². The van der Waals surface area contributed by atoms with Crippen molar-refractivity contribution < 1.29 is 17.6 Å². The Morgan fingerprint density at radius 3 is 2.65 bits per heavy atom. The van der Waals surface area contributed by atoms with Crippen molar-refractivity contribution in [1.82, 2.24) is 14.8 Å². The number of hydrazone groups is 1. The zero-order valence-electron chi connectivity index (χ0n) is 17.7. The molecule has 2 aliphatic rings. The van der Waals surface area contributed by atoms with E-state index in [0.717, 1.165) is 38.0 Å². The fourth-order valence-electron chi connectivity index (χ4n) is 3.86. The third-order valence-electron chi connectivity index (χ3n) is 5.49. The number of furan rings is 1. The monoisotopic (exact) mass is 445 g/mol. The maximum atomic E-state index is 13.2. The summed E-state index contributed by atoms with van der Waals surface area (Å²) < 4.78 is 31.2. The number of carbonyl (C=O) groups is 1. The second kappa shape index (κ2) is 8.81. The van der Waals surface area contributed by atoms with E-state index in [4.69, 9.17) is 4.42 Å². The normalized spacial score (nSPS) is 20.6. The maximum absolute atomic E-state index is 13.2. The molecular weight excluding hydrogens is 418 g/mol. The first kappa shape index (κ1) is 21.5. The van der Waals surface area contributed by atoms with E-state index in [0.29, 0.717) is 30.1 Å². The van der Waals surface area contributed by atoms with Crippen LogP contribution >= 0.6 is 0 Å². The molecule has 1 saturated heterocycles. The van der Waals surface area contributed by atoms with Crippen molar-refractivity contribution in [2.24, 2.45) is 5.10 Å². The van der Waals surface area contributed by atoms with E-state index in [-0.39, 0.29) is 11.9 Å². The minimum atomic E-state index is -3.39. The van der Waals surface area contributed by atoms with Crippen LogP contribution in [0.25, 0.3) is 0 Å². The maximum Gasteiger partial charge on any atom is 0.257 e. The van der Waals surface area contributed by atoms with Crippen LogP contribution in [0.15, 0.2) is 52.2 Å². The van der Waals surface area contributed by atoms with Gasteiger partial charge in [-0.05, 0) is 36.9 Å². The zero-order valence-corrected chi connectivity index (χ0v) is 18.5.